The maximum atomic E-state index is 12.7. The predicted molar refractivity (Wildman–Crippen MR) is 120 cm³/mol. The number of carbonyl (C=O) groups excluding carboxylic acids is 1. The second-order valence-electron chi connectivity index (χ2n) is 6.98. The van der Waals surface area contributed by atoms with Gasteiger partial charge >= 0.3 is 0 Å². The highest BCUT2D eigenvalue weighted by atomic mass is 32.1. The molecule has 2 heterocycles. The number of aromatic amines is 1. The fourth-order valence-corrected chi connectivity index (χ4v) is 3.93. The van der Waals surface area contributed by atoms with Crippen LogP contribution in [0.25, 0.3) is 27.6 Å². The van der Waals surface area contributed by atoms with E-state index in [9.17, 15) is 4.79 Å². The molecule has 2 N–H and O–H groups in total. The maximum Gasteiger partial charge on any atom is 0.251 e. The molecular formula is C23H18N4O2S. The largest absolute Gasteiger partial charge is 0.497 e. The van der Waals surface area contributed by atoms with Crippen LogP contribution in [0.3, 0.4) is 0 Å². The number of hydrogen-bond donors (Lipinski definition) is 2. The van der Waals surface area contributed by atoms with Gasteiger partial charge in [-0.15, -0.1) is 0 Å². The molecule has 2 aromatic heterocycles. The zero-order valence-corrected chi connectivity index (χ0v) is 17.0. The van der Waals surface area contributed by atoms with E-state index in [1.807, 2.05) is 65.1 Å². The molecule has 0 aliphatic rings. The molecule has 0 aliphatic heterocycles. The fourth-order valence-electron chi connectivity index (χ4n) is 3.63. The molecule has 148 valence electrons. The van der Waals surface area contributed by atoms with Crippen LogP contribution in [-0.4, -0.2) is 27.4 Å². The SMILES string of the molecule is COc1cccc(CNC(=O)c2ccc3c(c2)[nH]c(=S)n2c4ccccc4nc32)c1. The fraction of sp³-hybridized carbons (Fsp3) is 0.0870. The van der Waals surface area contributed by atoms with Gasteiger partial charge in [-0.05, 0) is 60.2 Å². The molecule has 0 spiro atoms. The smallest absolute Gasteiger partial charge is 0.251 e. The van der Waals surface area contributed by atoms with Crippen molar-refractivity contribution in [2.45, 2.75) is 6.54 Å². The topological polar surface area (TPSA) is 71.4 Å². The minimum Gasteiger partial charge on any atom is -0.497 e. The Morgan fingerprint density at radius 2 is 2.00 bits per heavy atom. The van der Waals surface area contributed by atoms with Gasteiger partial charge in [0.25, 0.3) is 5.91 Å². The molecule has 0 unspecified atom stereocenters. The Hall–Kier alpha value is -3.71. The van der Waals surface area contributed by atoms with Gasteiger partial charge in [-0.3, -0.25) is 9.20 Å². The number of methoxy groups -OCH3 is 1. The number of amides is 1. The van der Waals surface area contributed by atoms with E-state index in [-0.39, 0.29) is 5.91 Å². The van der Waals surface area contributed by atoms with Gasteiger partial charge in [0, 0.05) is 17.5 Å². The number of hydrogen-bond acceptors (Lipinski definition) is 4. The number of carbonyl (C=O) groups is 1. The molecule has 0 aliphatic carbocycles. The second-order valence-corrected chi connectivity index (χ2v) is 7.37. The summed E-state index contributed by atoms with van der Waals surface area (Å²) in [4.78, 5) is 20.7. The monoisotopic (exact) mass is 414 g/mol. The first kappa shape index (κ1) is 18.3. The summed E-state index contributed by atoms with van der Waals surface area (Å²) in [7, 11) is 1.62. The van der Waals surface area contributed by atoms with E-state index in [1.165, 1.54) is 0 Å². The lowest BCUT2D eigenvalue weighted by Gasteiger charge is -2.08. The Balaban J connectivity index is 1.50. The average molecular weight is 414 g/mol. The predicted octanol–water partition coefficient (Wildman–Crippen LogP) is 4.64. The van der Waals surface area contributed by atoms with Gasteiger partial charge in [0.15, 0.2) is 4.77 Å². The first-order valence-corrected chi connectivity index (χ1v) is 9.89. The maximum absolute atomic E-state index is 12.7. The summed E-state index contributed by atoms with van der Waals surface area (Å²) < 4.78 is 7.70. The van der Waals surface area contributed by atoms with Crippen LogP contribution in [0.5, 0.6) is 5.75 Å². The molecule has 0 bridgehead atoms. The summed E-state index contributed by atoms with van der Waals surface area (Å²) in [6.07, 6.45) is 0. The van der Waals surface area contributed by atoms with Gasteiger partial charge in [0.05, 0.1) is 23.7 Å². The van der Waals surface area contributed by atoms with Gasteiger partial charge in [-0.1, -0.05) is 24.3 Å². The van der Waals surface area contributed by atoms with Crippen molar-refractivity contribution in [1.29, 1.82) is 0 Å². The third-order valence-electron chi connectivity index (χ3n) is 5.12. The summed E-state index contributed by atoms with van der Waals surface area (Å²) >= 11 is 5.57. The Kier molecular flexibility index (Phi) is 4.44. The first-order chi connectivity index (χ1) is 14.6. The zero-order valence-electron chi connectivity index (χ0n) is 16.2. The number of H-pyrrole nitrogens is 1. The van der Waals surface area contributed by atoms with Crippen LogP contribution in [0.1, 0.15) is 15.9 Å². The van der Waals surface area contributed by atoms with Crippen molar-refractivity contribution in [2.24, 2.45) is 0 Å². The minimum absolute atomic E-state index is 0.160. The van der Waals surface area contributed by atoms with Crippen molar-refractivity contribution in [3.05, 3.63) is 82.6 Å². The first-order valence-electron chi connectivity index (χ1n) is 9.48. The number of aromatic nitrogens is 3. The lowest BCUT2D eigenvalue weighted by Crippen LogP contribution is -2.22. The van der Waals surface area contributed by atoms with Gasteiger partial charge in [0.2, 0.25) is 0 Å². The average Bonchev–Trinajstić information content (AvgIpc) is 3.17. The molecule has 0 fully saturated rings. The third kappa shape index (κ3) is 3.09. The van der Waals surface area contributed by atoms with Gasteiger partial charge in [0.1, 0.15) is 11.4 Å². The van der Waals surface area contributed by atoms with E-state index in [0.29, 0.717) is 16.9 Å². The molecule has 3 aromatic carbocycles. The number of rotatable bonds is 4. The van der Waals surface area contributed by atoms with Crippen molar-refractivity contribution in [2.75, 3.05) is 7.11 Å². The second kappa shape index (κ2) is 7.27. The van der Waals surface area contributed by atoms with Crippen molar-refractivity contribution in [3.8, 4) is 5.75 Å². The summed E-state index contributed by atoms with van der Waals surface area (Å²) in [5.41, 5.74) is 4.90. The number of nitrogens with one attached hydrogen (secondary N) is 2. The Morgan fingerprint density at radius 3 is 2.87 bits per heavy atom. The molecule has 0 saturated heterocycles. The highest BCUT2D eigenvalue weighted by Crippen LogP contribution is 2.24. The summed E-state index contributed by atoms with van der Waals surface area (Å²) in [6, 6.07) is 21.0. The summed E-state index contributed by atoms with van der Waals surface area (Å²) in [6.45, 7) is 0.411. The molecule has 0 saturated carbocycles. The number of nitrogens with zero attached hydrogens (tertiary/aromatic N) is 2. The van der Waals surface area contributed by atoms with Crippen LogP contribution >= 0.6 is 12.2 Å². The number of imidazole rings is 1. The normalized spacial score (nSPS) is 11.2. The van der Waals surface area contributed by atoms with E-state index >= 15 is 0 Å². The lowest BCUT2D eigenvalue weighted by atomic mass is 10.1. The Morgan fingerprint density at radius 1 is 1.13 bits per heavy atom. The Labute approximate surface area is 177 Å². The van der Waals surface area contributed by atoms with Crippen molar-refractivity contribution in [3.63, 3.8) is 0 Å². The van der Waals surface area contributed by atoms with E-state index in [2.05, 4.69) is 10.3 Å². The van der Waals surface area contributed by atoms with Crippen molar-refractivity contribution < 1.29 is 9.53 Å². The van der Waals surface area contributed by atoms with Crippen LogP contribution in [0.4, 0.5) is 0 Å². The molecule has 5 aromatic rings. The van der Waals surface area contributed by atoms with Crippen LogP contribution in [0.2, 0.25) is 0 Å². The van der Waals surface area contributed by atoms with E-state index < -0.39 is 0 Å². The number of benzene rings is 3. The van der Waals surface area contributed by atoms with Crippen LogP contribution in [0, 0.1) is 4.77 Å². The zero-order chi connectivity index (χ0) is 20.7. The molecular weight excluding hydrogens is 396 g/mol. The quantitative estimate of drug-likeness (QED) is 0.421. The van der Waals surface area contributed by atoms with Crippen LogP contribution in [0.15, 0.2) is 66.7 Å². The number of fused-ring (bicyclic) bond motifs is 5. The summed E-state index contributed by atoms with van der Waals surface area (Å²) in [5, 5.41) is 3.86. The van der Waals surface area contributed by atoms with E-state index in [0.717, 1.165) is 38.9 Å². The van der Waals surface area contributed by atoms with Gasteiger partial charge in [-0.25, -0.2) is 4.98 Å². The van der Waals surface area contributed by atoms with Gasteiger partial charge in [-0.2, -0.15) is 0 Å². The van der Waals surface area contributed by atoms with Crippen LogP contribution in [-0.2, 0) is 6.54 Å². The number of para-hydroxylation sites is 2. The van der Waals surface area contributed by atoms with E-state index in [1.54, 1.807) is 13.2 Å². The molecule has 5 rings (SSSR count). The number of ether oxygens (including phenoxy) is 1. The highest BCUT2D eigenvalue weighted by Gasteiger charge is 2.12. The van der Waals surface area contributed by atoms with E-state index in [4.69, 9.17) is 21.9 Å². The molecule has 0 radical (unpaired) electrons. The standard InChI is InChI=1S/C23H18N4O2S/c1-29-16-6-4-5-14(11-16)13-24-22(28)15-9-10-17-19(12-15)26-23(30)27-20-8-3-2-7-18(20)25-21(17)27/h2-12H,13H2,1H3,(H,24,28)(H,26,30). The van der Waals surface area contributed by atoms with Gasteiger partial charge < -0.3 is 15.0 Å². The van der Waals surface area contributed by atoms with Crippen molar-refractivity contribution >= 4 is 45.7 Å². The van der Waals surface area contributed by atoms with Crippen molar-refractivity contribution in [1.82, 2.24) is 19.7 Å². The Bertz CT molecular complexity index is 1490. The van der Waals surface area contributed by atoms with Crippen LogP contribution < -0.4 is 10.1 Å². The highest BCUT2D eigenvalue weighted by molar-refractivity contribution is 7.71. The molecule has 6 nitrogen and oxygen atoms in total. The molecule has 1 amide bonds. The summed E-state index contributed by atoms with van der Waals surface area (Å²) in [5.74, 6) is 0.601. The molecule has 30 heavy (non-hydrogen) atoms. The molecule has 0 atom stereocenters. The molecule has 7 heteroatoms. The third-order valence-corrected chi connectivity index (χ3v) is 5.40. The minimum atomic E-state index is -0.160. The lowest BCUT2D eigenvalue weighted by molar-refractivity contribution is 0.0951.